The van der Waals surface area contributed by atoms with Crippen LogP contribution in [-0.4, -0.2) is 35.9 Å². The number of carbonyl (C=O) groups excluding carboxylic acids is 1. The number of carboxylic acids is 1. The largest absolute Gasteiger partial charge is 0.481 e. The van der Waals surface area contributed by atoms with Gasteiger partial charge in [-0.05, 0) is 50.2 Å². The normalized spacial score (nSPS) is 25.9. The molecule has 0 unspecified atom stereocenters. The quantitative estimate of drug-likeness (QED) is 0.280. The first kappa shape index (κ1) is 20.4. The van der Waals surface area contributed by atoms with Crippen LogP contribution in [0.25, 0.3) is 0 Å². The number of hydrogen-bond donors (Lipinski definition) is 4. The third-order valence-corrected chi connectivity index (χ3v) is 5.50. The van der Waals surface area contributed by atoms with Crippen LogP contribution in [0.1, 0.15) is 38.5 Å². The van der Waals surface area contributed by atoms with Crippen molar-refractivity contribution in [2.75, 3.05) is 11.9 Å². The minimum Gasteiger partial charge on any atom is -0.481 e. The number of anilines is 1. The van der Waals surface area contributed by atoms with Gasteiger partial charge in [-0.2, -0.15) is 0 Å². The van der Waals surface area contributed by atoms with Crippen LogP contribution >= 0.6 is 0 Å². The van der Waals surface area contributed by atoms with Crippen LogP contribution in [0.3, 0.4) is 0 Å². The van der Waals surface area contributed by atoms with Crippen LogP contribution in [0.4, 0.5) is 10.5 Å². The minimum absolute atomic E-state index is 0.213. The Morgan fingerprint density at radius 2 is 1.86 bits per heavy atom. The molecule has 7 nitrogen and oxygen atoms in total. The second-order valence-electron chi connectivity index (χ2n) is 7.44. The molecule has 1 aromatic rings. The molecule has 2 aliphatic heterocycles. The molecule has 2 fully saturated rings. The lowest BCUT2D eigenvalue weighted by Gasteiger charge is -2.27. The van der Waals surface area contributed by atoms with E-state index in [-0.39, 0.29) is 18.6 Å². The van der Waals surface area contributed by atoms with Crippen molar-refractivity contribution in [2.45, 2.75) is 50.7 Å². The van der Waals surface area contributed by atoms with E-state index >= 15 is 0 Å². The highest BCUT2D eigenvalue weighted by molar-refractivity contribution is 5.88. The Labute approximate surface area is 165 Å². The third-order valence-electron chi connectivity index (χ3n) is 5.50. The molecule has 2 heterocycles. The SMILES string of the molecule is O=C(O)CCC/C=C\C[C@H]1[C@@H](CNNC(=O)Nc2ccccc2)[C@H]2CC[C@H]1O2. The topological polar surface area (TPSA) is 99.7 Å². The summed E-state index contributed by atoms with van der Waals surface area (Å²) in [4.78, 5) is 22.5. The monoisotopic (exact) mass is 387 g/mol. The zero-order valence-electron chi connectivity index (χ0n) is 16.0. The van der Waals surface area contributed by atoms with E-state index in [2.05, 4.69) is 28.3 Å². The summed E-state index contributed by atoms with van der Waals surface area (Å²) in [6.07, 6.45) is 9.54. The summed E-state index contributed by atoms with van der Waals surface area (Å²) < 4.78 is 6.08. The van der Waals surface area contributed by atoms with Crippen molar-refractivity contribution in [2.24, 2.45) is 11.8 Å². The molecule has 0 spiro atoms. The number of allylic oxidation sites excluding steroid dienone is 2. The Morgan fingerprint density at radius 1 is 1.11 bits per heavy atom. The van der Waals surface area contributed by atoms with Gasteiger partial charge in [0.2, 0.25) is 0 Å². The number of nitrogens with one attached hydrogen (secondary N) is 3. The van der Waals surface area contributed by atoms with E-state index < -0.39 is 5.97 Å². The fourth-order valence-corrected chi connectivity index (χ4v) is 4.16. The number of urea groups is 1. The molecule has 4 N–H and O–H groups in total. The standard InChI is InChI=1S/C21H29N3O4/c25-20(26)11-7-2-1-6-10-16-17(19-13-12-18(16)28-19)14-22-24-21(27)23-15-8-4-3-5-9-15/h1,3-6,8-9,16-19,22H,2,7,10-14H2,(H,25,26)(H2,23,24,27)/b6-1-/t16-,17+,18+,19+/m0/s1. The summed E-state index contributed by atoms with van der Waals surface area (Å²) in [6.45, 7) is 0.668. The number of amides is 2. The van der Waals surface area contributed by atoms with Crippen molar-refractivity contribution in [3.63, 3.8) is 0 Å². The molecule has 0 aliphatic carbocycles. The van der Waals surface area contributed by atoms with Crippen LogP contribution < -0.4 is 16.2 Å². The van der Waals surface area contributed by atoms with Gasteiger partial charge < -0.3 is 15.2 Å². The summed E-state index contributed by atoms with van der Waals surface area (Å²) >= 11 is 0. The number of para-hydroxylation sites is 1. The van der Waals surface area contributed by atoms with Crippen molar-refractivity contribution >= 4 is 17.7 Å². The highest BCUT2D eigenvalue weighted by Crippen LogP contribution is 2.44. The molecule has 4 atom stereocenters. The number of carboxylic acid groups (broad SMARTS) is 1. The molecule has 1 aromatic carbocycles. The highest BCUT2D eigenvalue weighted by Gasteiger charge is 2.47. The fraction of sp³-hybridized carbons (Fsp3) is 0.524. The van der Waals surface area contributed by atoms with Crippen LogP contribution in [-0.2, 0) is 9.53 Å². The average molecular weight is 387 g/mol. The first-order valence-corrected chi connectivity index (χ1v) is 10.0. The maximum absolute atomic E-state index is 12.0. The second kappa shape index (κ2) is 10.2. The van der Waals surface area contributed by atoms with Crippen molar-refractivity contribution in [3.05, 3.63) is 42.5 Å². The van der Waals surface area contributed by atoms with Crippen LogP contribution in [0.15, 0.2) is 42.5 Å². The summed E-state index contributed by atoms with van der Waals surface area (Å²) in [6, 6.07) is 9.03. The maximum atomic E-state index is 12.0. The number of carbonyl (C=O) groups is 2. The van der Waals surface area contributed by atoms with Gasteiger partial charge in [0.25, 0.3) is 0 Å². The van der Waals surface area contributed by atoms with E-state index in [9.17, 15) is 9.59 Å². The van der Waals surface area contributed by atoms with Gasteiger partial charge in [0, 0.05) is 24.6 Å². The summed E-state index contributed by atoms with van der Waals surface area (Å²) in [5, 5.41) is 11.4. The molecule has 2 aliphatic rings. The molecule has 2 bridgehead atoms. The number of ether oxygens (including phenoxy) is 1. The number of benzene rings is 1. The van der Waals surface area contributed by atoms with E-state index in [4.69, 9.17) is 9.84 Å². The molecule has 2 amide bonds. The molecule has 0 radical (unpaired) electrons. The average Bonchev–Trinajstić information content (AvgIpc) is 3.27. The van der Waals surface area contributed by atoms with Gasteiger partial charge in [-0.25, -0.2) is 10.2 Å². The number of hydrazine groups is 1. The number of unbranched alkanes of at least 4 members (excludes halogenated alkanes) is 1. The summed E-state index contributed by atoms with van der Waals surface area (Å²) in [5.74, 6) is 0.0465. The van der Waals surface area contributed by atoms with E-state index in [0.29, 0.717) is 30.9 Å². The second-order valence-corrected chi connectivity index (χ2v) is 7.44. The van der Waals surface area contributed by atoms with E-state index in [1.807, 2.05) is 30.3 Å². The maximum Gasteiger partial charge on any atom is 0.333 e. The molecule has 7 heteroatoms. The number of aliphatic carboxylic acids is 1. The predicted molar refractivity (Wildman–Crippen MR) is 107 cm³/mol. The lowest BCUT2D eigenvalue weighted by atomic mass is 9.77. The molecular weight excluding hydrogens is 358 g/mol. The van der Waals surface area contributed by atoms with Gasteiger partial charge in [-0.3, -0.25) is 10.2 Å². The zero-order valence-corrected chi connectivity index (χ0v) is 16.0. The van der Waals surface area contributed by atoms with E-state index in [1.165, 1.54) is 0 Å². The van der Waals surface area contributed by atoms with E-state index in [1.54, 1.807) is 0 Å². The van der Waals surface area contributed by atoms with Crippen LogP contribution in [0.2, 0.25) is 0 Å². The summed E-state index contributed by atoms with van der Waals surface area (Å²) in [5.41, 5.74) is 6.50. The molecule has 0 aromatic heterocycles. The van der Waals surface area contributed by atoms with Crippen molar-refractivity contribution in [1.82, 2.24) is 10.9 Å². The Bertz CT molecular complexity index is 679. The lowest BCUT2D eigenvalue weighted by molar-refractivity contribution is -0.137. The predicted octanol–water partition coefficient (Wildman–Crippen LogP) is 3.31. The molecule has 2 saturated heterocycles. The molecule has 152 valence electrons. The Balaban J connectivity index is 1.40. The first-order valence-electron chi connectivity index (χ1n) is 10.0. The van der Waals surface area contributed by atoms with Gasteiger partial charge in [-0.15, -0.1) is 0 Å². The Hall–Kier alpha value is -2.38. The van der Waals surface area contributed by atoms with E-state index in [0.717, 1.165) is 31.4 Å². The van der Waals surface area contributed by atoms with Gasteiger partial charge >= 0.3 is 12.0 Å². The number of hydrogen-bond acceptors (Lipinski definition) is 4. The van der Waals surface area contributed by atoms with Crippen molar-refractivity contribution in [1.29, 1.82) is 0 Å². The molecular formula is C21H29N3O4. The fourth-order valence-electron chi connectivity index (χ4n) is 4.16. The molecule has 0 saturated carbocycles. The number of fused-ring (bicyclic) bond motifs is 2. The smallest absolute Gasteiger partial charge is 0.333 e. The lowest BCUT2D eigenvalue weighted by Crippen LogP contribution is -2.45. The Kier molecular flexibility index (Phi) is 7.45. The van der Waals surface area contributed by atoms with Gasteiger partial charge in [0.1, 0.15) is 0 Å². The van der Waals surface area contributed by atoms with Crippen LogP contribution in [0, 0.1) is 11.8 Å². The Morgan fingerprint density at radius 3 is 2.61 bits per heavy atom. The van der Waals surface area contributed by atoms with Gasteiger partial charge in [-0.1, -0.05) is 30.4 Å². The summed E-state index contributed by atoms with van der Waals surface area (Å²) in [7, 11) is 0. The van der Waals surface area contributed by atoms with Crippen molar-refractivity contribution < 1.29 is 19.4 Å². The van der Waals surface area contributed by atoms with Gasteiger partial charge in [0.05, 0.1) is 12.2 Å². The third kappa shape index (κ3) is 5.81. The van der Waals surface area contributed by atoms with Crippen molar-refractivity contribution in [3.8, 4) is 0 Å². The highest BCUT2D eigenvalue weighted by atomic mass is 16.5. The van der Waals surface area contributed by atoms with Gasteiger partial charge in [0.15, 0.2) is 0 Å². The molecule has 28 heavy (non-hydrogen) atoms. The van der Waals surface area contributed by atoms with Crippen LogP contribution in [0.5, 0.6) is 0 Å². The minimum atomic E-state index is -0.746. The zero-order chi connectivity index (χ0) is 19.8. The molecule has 3 rings (SSSR count). The first-order chi connectivity index (χ1) is 13.6. The number of rotatable bonds is 10.